The molecule has 1 aromatic carbocycles. The molecule has 0 aliphatic rings. The molecule has 0 bridgehead atoms. The van der Waals surface area contributed by atoms with Crippen LogP contribution in [0.15, 0.2) is 30.3 Å². The Bertz CT molecular complexity index is 446. The van der Waals surface area contributed by atoms with E-state index in [4.69, 9.17) is 0 Å². The predicted octanol–water partition coefficient (Wildman–Crippen LogP) is 2.23. The highest BCUT2D eigenvalue weighted by molar-refractivity contribution is 7.92. The maximum atomic E-state index is 12.4. The fourth-order valence-electron chi connectivity index (χ4n) is 1.81. The lowest BCUT2D eigenvalue weighted by atomic mass is 10.3. The molecule has 0 atom stereocenters. The van der Waals surface area contributed by atoms with Crippen molar-refractivity contribution in [1.82, 2.24) is 5.32 Å². The highest BCUT2D eigenvalue weighted by Crippen LogP contribution is 2.18. The highest BCUT2D eigenvalue weighted by Gasteiger charge is 2.21. The molecule has 0 spiro atoms. The molecule has 0 amide bonds. The molecule has 0 unspecified atom stereocenters. The molecule has 0 heterocycles. The summed E-state index contributed by atoms with van der Waals surface area (Å²) in [7, 11) is -3.25. The lowest BCUT2D eigenvalue weighted by Crippen LogP contribution is -2.37. The zero-order valence-electron chi connectivity index (χ0n) is 11.8. The van der Waals surface area contributed by atoms with Crippen molar-refractivity contribution in [3.05, 3.63) is 30.3 Å². The van der Waals surface area contributed by atoms with Crippen molar-refractivity contribution in [2.24, 2.45) is 0 Å². The molecule has 0 aromatic heterocycles. The number of benzene rings is 1. The summed E-state index contributed by atoms with van der Waals surface area (Å²) in [6, 6.07) is 9.33. The second-order valence-electron chi connectivity index (χ2n) is 4.43. The normalized spacial score (nSPS) is 11.5. The third-order valence-corrected chi connectivity index (χ3v) is 4.67. The van der Waals surface area contributed by atoms with E-state index in [9.17, 15) is 8.42 Å². The summed E-state index contributed by atoms with van der Waals surface area (Å²) >= 11 is 0. The van der Waals surface area contributed by atoms with E-state index in [1.807, 2.05) is 37.3 Å². The van der Waals surface area contributed by atoms with Gasteiger partial charge >= 0.3 is 0 Å². The Morgan fingerprint density at radius 1 is 1.16 bits per heavy atom. The van der Waals surface area contributed by atoms with Crippen molar-refractivity contribution in [1.29, 1.82) is 0 Å². The quantitative estimate of drug-likeness (QED) is 0.707. The van der Waals surface area contributed by atoms with Crippen LogP contribution < -0.4 is 9.62 Å². The third-order valence-electron chi connectivity index (χ3n) is 2.88. The van der Waals surface area contributed by atoms with E-state index in [0.29, 0.717) is 13.1 Å². The standard InChI is InChI=1S/C14H24N2O2S/c1-3-5-12-16(14-9-7-6-8-10-14)19(17,18)13-11-15-4-2/h6-10,15H,3-5,11-13H2,1-2H3. The lowest BCUT2D eigenvalue weighted by molar-refractivity contribution is 0.585. The first kappa shape index (κ1) is 16.0. The van der Waals surface area contributed by atoms with Gasteiger partial charge in [0.25, 0.3) is 0 Å². The molecule has 19 heavy (non-hydrogen) atoms. The van der Waals surface area contributed by atoms with Gasteiger partial charge in [0.15, 0.2) is 0 Å². The SMILES string of the molecule is CCCCN(c1ccccc1)S(=O)(=O)CCNCC. The Morgan fingerprint density at radius 2 is 1.84 bits per heavy atom. The van der Waals surface area contributed by atoms with Crippen LogP contribution in [0, 0.1) is 0 Å². The molecule has 108 valence electrons. The van der Waals surface area contributed by atoms with Crippen LogP contribution in [0.2, 0.25) is 0 Å². The van der Waals surface area contributed by atoms with Gasteiger partial charge in [-0.15, -0.1) is 0 Å². The van der Waals surface area contributed by atoms with Gasteiger partial charge in [0.05, 0.1) is 11.4 Å². The topological polar surface area (TPSA) is 49.4 Å². The van der Waals surface area contributed by atoms with Crippen LogP contribution in [0.25, 0.3) is 0 Å². The third kappa shape index (κ3) is 5.20. The molecule has 0 fully saturated rings. The minimum absolute atomic E-state index is 0.138. The van der Waals surface area contributed by atoms with Gasteiger partial charge in [0.2, 0.25) is 10.0 Å². The zero-order chi connectivity index (χ0) is 14.1. The van der Waals surface area contributed by atoms with E-state index in [0.717, 1.165) is 25.1 Å². The van der Waals surface area contributed by atoms with Crippen LogP contribution in [-0.2, 0) is 10.0 Å². The van der Waals surface area contributed by atoms with Gasteiger partial charge < -0.3 is 5.32 Å². The number of unbranched alkanes of at least 4 members (excludes halogenated alkanes) is 1. The molecular weight excluding hydrogens is 260 g/mol. The fraction of sp³-hybridized carbons (Fsp3) is 0.571. The predicted molar refractivity (Wildman–Crippen MR) is 81.0 cm³/mol. The Labute approximate surface area is 116 Å². The molecule has 0 aliphatic heterocycles. The number of sulfonamides is 1. The van der Waals surface area contributed by atoms with E-state index in [2.05, 4.69) is 12.2 Å². The first-order valence-electron chi connectivity index (χ1n) is 6.88. The van der Waals surface area contributed by atoms with E-state index >= 15 is 0 Å². The lowest BCUT2D eigenvalue weighted by Gasteiger charge is -2.24. The minimum atomic E-state index is -3.25. The van der Waals surface area contributed by atoms with Gasteiger partial charge in [-0.25, -0.2) is 8.42 Å². The molecule has 0 aliphatic carbocycles. The molecule has 0 saturated carbocycles. The second kappa shape index (κ2) is 8.17. The molecule has 0 radical (unpaired) electrons. The number of para-hydroxylation sites is 1. The molecule has 5 heteroatoms. The van der Waals surface area contributed by atoms with Crippen LogP contribution in [0.5, 0.6) is 0 Å². The maximum absolute atomic E-state index is 12.4. The van der Waals surface area contributed by atoms with E-state index in [1.54, 1.807) is 0 Å². The fourth-order valence-corrected chi connectivity index (χ4v) is 3.29. The molecule has 4 nitrogen and oxygen atoms in total. The van der Waals surface area contributed by atoms with E-state index in [-0.39, 0.29) is 5.75 Å². The summed E-state index contributed by atoms with van der Waals surface area (Å²) in [5.74, 6) is 0.138. The van der Waals surface area contributed by atoms with Crippen LogP contribution >= 0.6 is 0 Å². The van der Waals surface area contributed by atoms with Gasteiger partial charge in [0, 0.05) is 13.1 Å². The number of rotatable bonds is 9. The van der Waals surface area contributed by atoms with Crippen LogP contribution in [0.4, 0.5) is 5.69 Å². The van der Waals surface area contributed by atoms with Crippen molar-refractivity contribution in [2.75, 3.05) is 29.7 Å². The Kier molecular flexibility index (Phi) is 6.87. The maximum Gasteiger partial charge on any atom is 0.236 e. The number of anilines is 1. The number of hydrogen-bond donors (Lipinski definition) is 1. The summed E-state index contributed by atoms with van der Waals surface area (Å²) in [6.07, 6.45) is 1.85. The first-order valence-corrected chi connectivity index (χ1v) is 8.49. The van der Waals surface area contributed by atoms with Gasteiger partial charge in [-0.3, -0.25) is 4.31 Å². The minimum Gasteiger partial charge on any atom is -0.316 e. The summed E-state index contributed by atoms with van der Waals surface area (Å²) in [6.45, 7) is 5.87. The summed E-state index contributed by atoms with van der Waals surface area (Å²) in [5.41, 5.74) is 0.757. The average Bonchev–Trinajstić information content (AvgIpc) is 2.40. The van der Waals surface area contributed by atoms with Crippen LogP contribution in [0.3, 0.4) is 0 Å². The van der Waals surface area contributed by atoms with Gasteiger partial charge in [-0.05, 0) is 25.1 Å². The first-order chi connectivity index (χ1) is 9.11. The van der Waals surface area contributed by atoms with E-state index < -0.39 is 10.0 Å². The van der Waals surface area contributed by atoms with Crippen molar-refractivity contribution >= 4 is 15.7 Å². The van der Waals surface area contributed by atoms with Gasteiger partial charge in [-0.2, -0.15) is 0 Å². The van der Waals surface area contributed by atoms with Crippen molar-refractivity contribution in [2.45, 2.75) is 26.7 Å². The molecule has 1 N–H and O–H groups in total. The summed E-state index contributed by atoms with van der Waals surface area (Å²) in [4.78, 5) is 0. The number of nitrogens with zero attached hydrogens (tertiary/aromatic N) is 1. The van der Waals surface area contributed by atoms with Gasteiger partial charge in [-0.1, -0.05) is 38.5 Å². The molecule has 1 aromatic rings. The molecule has 1 rings (SSSR count). The summed E-state index contributed by atoms with van der Waals surface area (Å²) in [5, 5.41) is 3.06. The van der Waals surface area contributed by atoms with Crippen LogP contribution in [0.1, 0.15) is 26.7 Å². The Balaban J connectivity index is 2.84. The largest absolute Gasteiger partial charge is 0.316 e. The van der Waals surface area contributed by atoms with Crippen molar-refractivity contribution < 1.29 is 8.42 Å². The second-order valence-corrected chi connectivity index (χ2v) is 6.44. The smallest absolute Gasteiger partial charge is 0.236 e. The molecular formula is C14H24N2O2S. The zero-order valence-corrected chi connectivity index (χ0v) is 12.6. The Morgan fingerprint density at radius 3 is 2.42 bits per heavy atom. The average molecular weight is 284 g/mol. The van der Waals surface area contributed by atoms with Gasteiger partial charge in [0.1, 0.15) is 0 Å². The monoisotopic (exact) mass is 284 g/mol. The van der Waals surface area contributed by atoms with E-state index in [1.165, 1.54) is 4.31 Å². The van der Waals surface area contributed by atoms with Crippen molar-refractivity contribution in [3.8, 4) is 0 Å². The highest BCUT2D eigenvalue weighted by atomic mass is 32.2. The molecule has 0 saturated heterocycles. The summed E-state index contributed by atoms with van der Waals surface area (Å²) < 4.78 is 26.3. The number of hydrogen-bond acceptors (Lipinski definition) is 3. The van der Waals surface area contributed by atoms with Crippen LogP contribution in [-0.4, -0.2) is 33.8 Å². The number of nitrogens with one attached hydrogen (secondary N) is 1. The Hall–Kier alpha value is -1.07. The van der Waals surface area contributed by atoms with Crippen molar-refractivity contribution in [3.63, 3.8) is 0 Å².